The molecule has 46 heavy (non-hydrogen) atoms. The fraction of sp³-hybridized carbons (Fsp3) is 0.457. The number of carbonyl (C=O) groups excluding carboxylic acids is 1. The average molecular weight is 624 g/mol. The largest absolute Gasteiger partial charge is 0.393 e. The fourth-order valence-corrected chi connectivity index (χ4v) is 7.26. The third-order valence-electron chi connectivity index (χ3n) is 10.0. The molecule has 0 atom stereocenters. The van der Waals surface area contributed by atoms with Crippen LogP contribution in [-0.2, 0) is 0 Å². The number of amides is 1. The smallest absolute Gasteiger partial charge is 0.271 e. The van der Waals surface area contributed by atoms with E-state index in [0.29, 0.717) is 23.4 Å². The van der Waals surface area contributed by atoms with Crippen LogP contribution in [0.15, 0.2) is 54.7 Å². The molecule has 3 aliphatic rings. The van der Waals surface area contributed by atoms with E-state index >= 15 is 0 Å². The molecule has 11 heteroatoms. The van der Waals surface area contributed by atoms with Crippen LogP contribution < -0.4 is 21.3 Å². The van der Waals surface area contributed by atoms with Gasteiger partial charge in [-0.3, -0.25) is 9.69 Å². The van der Waals surface area contributed by atoms with Gasteiger partial charge in [0.25, 0.3) is 5.91 Å². The number of aliphatic hydroxyl groups is 1. The van der Waals surface area contributed by atoms with Crippen LogP contribution in [-0.4, -0.2) is 100 Å². The summed E-state index contributed by atoms with van der Waals surface area (Å²) in [6, 6.07) is 17.1. The molecule has 1 amide bonds. The lowest BCUT2D eigenvalue weighted by atomic mass is 9.93. The second kappa shape index (κ2) is 13.3. The van der Waals surface area contributed by atoms with Crippen LogP contribution in [0.5, 0.6) is 0 Å². The van der Waals surface area contributed by atoms with Crippen molar-refractivity contribution in [3.63, 3.8) is 0 Å². The number of fused-ring (bicyclic) bond motifs is 1. The van der Waals surface area contributed by atoms with Crippen LogP contribution in [0.25, 0.3) is 22.2 Å². The summed E-state index contributed by atoms with van der Waals surface area (Å²) < 4.78 is 0. The third-order valence-corrected chi connectivity index (χ3v) is 10.0. The van der Waals surface area contributed by atoms with Crippen LogP contribution in [0.4, 0.5) is 23.0 Å². The lowest BCUT2D eigenvalue weighted by Crippen LogP contribution is -2.52. The molecule has 7 rings (SSSR count). The summed E-state index contributed by atoms with van der Waals surface area (Å²) in [6.45, 7) is 6.74. The van der Waals surface area contributed by atoms with Crippen molar-refractivity contribution >= 4 is 39.8 Å². The highest BCUT2D eigenvalue weighted by atomic mass is 16.3. The van der Waals surface area contributed by atoms with Crippen molar-refractivity contribution in [1.82, 2.24) is 24.8 Å². The van der Waals surface area contributed by atoms with Gasteiger partial charge in [-0.05, 0) is 82.0 Å². The van der Waals surface area contributed by atoms with E-state index < -0.39 is 5.91 Å². The summed E-state index contributed by atoms with van der Waals surface area (Å²) in [5.41, 5.74) is 10.4. The molecule has 2 aromatic carbocycles. The van der Waals surface area contributed by atoms with Crippen molar-refractivity contribution in [2.24, 2.45) is 5.73 Å². The summed E-state index contributed by atoms with van der Waals surface area (Å²) in [6.07, 6.45) is 7.10. The summed E-state index contributed by atoms with van der Waals surface area (Å²) in [4.78, 5) is 33.4. The number of likely N-dealkylation sites (N-methyl/N-ethyl adjacent to an activating group) is 1. The number of H-pyrrole nitrogens is 1. The molecule has 1 aliphatic carbocycles. The molecule has 3 fully saturated rings. The third kappa shape index (κ3) is 6.53. The molecule has 2 saturated heterocycles. The first-order valence-electron chi connectivity index (χ1n) is 16.7. The van der Waals surface area contributed by atoms with Crippen LogP contribution in [0.2, 0.25) is 0 Å². The second-order valence-electron chi connectivity index (χ2n) is 13.1. The van der Waals surface area contributed by atoms with Gasteiger partial charge in [-0.2, -0.15) is 0 Å². The van der Waals surface area contributed by atoms with Gasteiger partial charge in [-0.25, -0.2) is 9.97 Å². The van der Waals surface area contributed by atoms with Crippen LogP contribution in [0.1, 0.15) is 49.0 Å². The van der Waals surface area contributed by atoms with E-state index in [1.165, 1.54) is 31.6 Å². The molecule has 242 valence electrons. The normalized spacial score (nSPS) is 21.8. The maximum Gasteiger partial charge on any atom is 0.271 e. The number of anilines is 4. The highest BCUT2D eigenvalue weighted by molar-refractivity contribution is 6.00. The zero-order valence-corrected chi connectivity index (χ0v) is 26.6. The number of nitrogens with one attached hydrogen (secondary N) is 3. The quantitative estimate of drug-likeness (QED) is 0.193. The number of carbonyl (C=O) groups is 1. The number of hydrogen-bond donors (Lipinski definition) is 5. The number of nitrogens with zero attached hydrogens (tertiary/aromatic N) is 5. The van der Waals surface area contributed by atoms with Gasteiger partial charge in [0.05, 0.1) is 6.10 Å². The molecule has 0 bridgehead atoms. The van der Waals surface area contributed by atoms with Crippen molar-refractivity contribution in [3.8, 4) is 11.3 Å². The van der Waals surface area contributed by atoms with Gasteiger partial charge >= 0.3 is 0 Å². The monoisotopic (exact) mass is 623 g/mol. The standard InChI is InChI=1S/C35H45N9O2/c1-42-19-21-44(22-20-42)26-14-17-43(18-15-26)25-9-5-23(6-10-25)39-35-32(33(36)46)40-31(29-3-2-4-30-28(29)13-16-37-30)34(41-35)38-24-7-11-27(45)12-8-24/h2-6,9-10,13,16,24,26-27,37,45H,7-8,11-12,14-15,17-22H2,1H3,(H2,36,46)(H2,38,39,41). The molecule has 0 radical (unpaired) electrons. The number of benzene rings is 2. The molecule has 4 aromatic rings. The number of aromatic nitrogens is 3. The Morgan fingerprint density at radius 3 is 2.35 bits per heavy atom. The molecule has 4 heterocycles. The Kier molecular flexibility index (Phi) is 8.79. The van der Waals surface area contributed by atoms with Crippen molar-refractivity contribution in [2.45, 2.75) is 56.7 Å². The van der Waals surface area contributed by atoms with Gasteiger partial charge < -0.3 is 36.3 Å². The van der Waals surface area contributed by atoms with E-state index in [0.717, 1.165) is 74.0 Å². The van der Waals surface area contributed by atoms with Gasteiger partial charge in [0.2, 0.25) is 0 Å². The van der Waals surface area contributed by atoms with Gasteiger partial charge in [0.15, 0.2) is 17.3 Å². The Bertz CT molecular complexity index is 1650. The first-order valence-corrected chi connectivity index (χ1v) is 16.7. The minimum Gasteiger partial charge on any atom is -0.393 e. The van der Waals surface area contributed by atoms with Gasteiger partial charge in [0, 0.05) is 85.4 Å². The highest BCUT2D eigenvalue weighted by Gasteiger charge is 2.28. The molecule has 1 saturated carbocycles. The number of aromatic amines is 1. The summed E-state index contributed by atoms with van der Waals surface area (Å²) in [7, 11) is 2.21. The Morgan fingerprint density at radius 2 is 1.63 bits per heavy atom. The predicted octanol–water partition coefficient (Wildman–Crippen LogP) is 4.40. The van der Waals surface area contributed by atoms with Gasteiger partial charge in [-0.15, -0.1) is 0 Å². The van der Waals surface area contributed by atoms with Crippen molar-refractivity contribution < 1.29 is 9.90 Å². The van der Waals surface area contributed by atoms with E-state index in [2.05, 4.69) is 49.5 Å². The summed E-state index contributed by atoms with van der Waals surface area (Å²) >= 11 is 0. The number of piperazine rings is 1. The number of nitrogens with two attached hydrogens (primary N) is 1. The van der Waals surface area contributed by atoms with Gasteiger partial charge in [0.1, 0.15) is 5.69 Å². The molecular formula is C35H45N9O2. The highest BCUT2D eigenvalue weighted by Crippen LogP contribution is 2.35. The van der Waals surface area contributed by atoms with E-state index in [9.17, 15) is 9.90 Å². The number of aliphatic hydroxyl groups excluding tert-OH is 1. The molecule has 2 aliphatic heterocycles. The SMILES string of the molecule is CN1CCN(C2CCN(c3ccc(Nc4nc(NC5CCC(O)CC5)c(-c5cccc6[nH]ccc56)nc4C(N)=O)cc3)CC2)CC1. The van der Waals surface area contributed by atoms with E-state index in [4.69, 9.17) is 15.7 Å². The topological polar surface area (TPSA) is 139 Å². The molecule has 6 N–H and O–H groups in total. The lowest BCUT2D eigenvalue weighted by molar-refractivity contribution is 0.0982. The molecule has 2 aromatic heterocycles. The lowest BCUT2D eigenvalue weighted by Gasteiger charge is -2.42. The molecule has 11 nitrogen and oxygen atoms in total. The number of primary amides is 1. The Balaban J connectivity index is 1.12. The summed E-state index contributed by atoms with van der Waals surface area (Å²) in [5, 5.41) is 18.0. The maximum atomic E-state index is 12.8. The van der Waals surface area contributed by atoms with Crippen molar-refractivity contribution in [2.75, 3.05) is 61.8 Å². The maximum absolute atomic E-state index is 12.8. The number of piperidine rings is 1. The zero-order chi connectivity index (χ0) is 31.6. The first-order chi connectivity index (χ1) is 22.4. The van der Waals surface area contributed by atoms with Crippen LogP contribution in [0.3, 0.4) is 0 Å². The summed E-state index contributed by atoms with van der Waals surface area (Å²) in [5.74, 6) is 0.253. The van der Waals surface area contributed by atoms with Gasteiger partial charge in [-0.1, -0.05) is 12.1 Å². The Hall–Kier alpha value is -4.19. The minimum atomic E-state index is -0.648. The average Bonchev–Trinajstić information content (AvgIpc) is 3.56. The number of hydrogen-bond acceptors (Lipinski definition) is 9. The second-order valence-corrected chi connectivity index (χ2v) is 13.1. The molecule has 0 spiro atoms. The molecule has 0 unspecified atom stereocenters. The first kappa shape index (κ1) is 30.5. The zero-order valence-electron chi connectivity index (χ0n) is 26.6. The van der Waals surface area contributed by atoms with E-state index in [1.54, 1.807) is 0 Å². The predicted molar refractivity (Wildman–Crippen MR) is 184 cm³/mol. The number of rotatable bonds is 8. The van der Waals surface area contributed by atoms with E-state index in [1.807, 2.05) is 42.6 Å². The van der Waals surface area contributed by atoms with E-state index in [-0.39, 0.29) is 17.8 Å². The van der Waals surface area contributed by atoms with Crippen molar-refractivity contribution in [3.05, 3.63) is 60.4 Å². The fourth-order valence-electron chi connectivity index (χ4n) is 7.26. The Labute approximate surface area is 270 Å². The molecular weight excluding hydrogens is 578 g/mol. The van der Waals surface area contributed by atoms with Crippen LogP contribution in [0, 0.1) is 0 Å². The minimum absolute atomic E-state index is 0.0854. The van der Waals surface area contributed by atoms with Crippen molar-refractivity contribution in [1.29, 1.82) is 0 Å². The Morgan fingerprint density at radius 1 is 0.891 bits per heavy atom. The van der Waals surface area contributed by atoms with Crippen LogP contribution >= 0.6 is 0 Å².